The molecule has 0 bridgehead atoms. The van der Waals surface area contributed by atoms with Crippen LogP contribution in [0, 0.1) is 6.92 Å². The molecule has 0 aliphatic carbocycles. The SMILES string of the molecule is CC[C@H]1CCCCN1S(=O)(=O)c1cc(C(C)C)c(C)cc1OC. The molecule has 1 aromatic carbocycles. The number of piperidine rings is 1. The van der Waals surface area contributed by atoms with Gasteiger partial charge in [0.2, 0.25) is 10.0 Å². The molecule has 130 valence electrons. The normalized spacial score (nSPS) is 20.0. The summed E-state index contributed by atoms with van der Waals surface area (Å²) >= 11 is 0. The van der Waals surface area contributed by atoms with Crippen LogP contribution in [0.4, 0.5) is 0 Å². The van der Waals surface area contributed by atoms with Crippen molar-refractivity contribution in [2.75, 3.05) is 13.7 Å². The first-order valence-corrected chi connectivity index (χ1v) is 9.97. The van der Waals surface area contributed by atoms with E-state index in [-0.39, 0.29) is 12.0 Å². The van der Waals surface area contributed by atoms with Gasteiger partial charge in [-0.2, -0.15) is 4.31 Å². The van der Waals surface area contributed by atoms with Crippen molar-refractivity contribution in [1.82, 2.24) is 4.31 Å². The molecule has 0 spiro atoms. The quantitative estimate of drug-likeness (QED) is 0.812. The van der Waals surface area contributed by atoms with Crippen molar-refractivity contribution in [3.8, 4) is 5.75 Å². The van der Waals surface area contributed by atoms with E-state index in [1.165, 1.54) is 7.11 Å². The van der Waals surface area contributed by atoms with E-state index in [9.17, 15) is 8.42 Å². The molecular formula is C18H29NO3S. The van der Waals surface area contributed by atoms with Gasteiger partial charge in [-0.05, 0) is 55.4 Å². The molecule has 23 heavy (non-hydrogen) atoms. The predicted octanol–water partition coefficient (Wildman–Crippen LogP) is 4.08. The lowest BCUT2D eigenvalue weighted by atomic mass is 9.98. The van der Waals surface area contributed by atoms with Crippen molar-refractivity contribution in [1.29, 1.82) is 0 Å². The summed E-state index contributed by atoms with van der Waals surface area (Å²) in [4.78, 5) is 0.314. The topological polar surface area (TPSA) is 46.6 Å². The average Bonchev–Trinajstić information content (AvgIpc) is 2.53. The number of benzene rings is 1. The summed E-state index contributed by atoms with van der Waals surface area (Å²) in [6.45, 7) is 8.84. The Hall–Kier alpha value is -1.07. The summed E-state index contributed by atoms with van der Waals surface area (Å²) < 4.78 is 33.6. The number of hydrogen-bond donors (Lipinski definition) is 0. The van der Waals surface area contributed by atoms with Crippen LogP contribution in [0.15, 0.2) is 17.0 Å². The average molecular weight is 340 g/mol. The highest BCUT2D eigenvalue weighted by Gasteiger charge is 2.34. The fourth-order valence-corrected chi connectivity index (χ4v) is 5.43. The number of methoxy groups -OCH3 is 1. The second-order valence-corrected chi connectivity index (χ2v) is 8.55. The number of ether oxygens (including phenoxy) is 1. The minimum absolute atomic E-state index is 0.0993. The van der Waals surface area contributed by atoms with E-state index in [4.69, 9.17) is 4.74 Å². The van der Waals surface area contributed by atoms with Crippen molar-refractivity contribution >= 4 is 10.0 Å². The van der Waals surface area contributed by atoms with Gasteiger partial charge >= 0.3 is 0 Å². The van der Waals surface area contributed by atoms with Gasteiger partial charge in [0.15, 0.2) is 0 Å². The molecule has 1 aromatic rings. The molecule has 0 radical (unpaired) electrons. The Bertz CT molecular complexity index is 652. The summed E-state index contributed by atoms with van der Waals surface area (Å²) in [6.07, 6.45) is 3.83. The summed E-state index contributed by atoms with van der Waals surface area (Å²) in [5, 5.41) is 0. The van der Waals surface area contributed by atoms with Gasteiger partial charge in [0, 0.05) is 12.6 Å². The molecule has 1 aliphatic heterocycles. The van der Waals surface area contributed by atoms with Crippen molar-refractivity contribution in [2.45, 2.75) is 70.2 Å². The van der Waals surface area contributed by atoms with Crippen molar-refractivity contribution in [3.05, 3.63) is 23.3 Å². The molecule has 2 rings (SSSR count). The minimum Gasteiger partial charge on any atom is -0.495 e. The summed E-state index contributed by atoms with van der Waals surface area (Å²) in [7, 11) is -1.99. The van der Waals surface area contributed by atoms with Crippen molar-refractivity contribution < 1.29 is 13.2 Å². The third kappa shape index (κ3) is 3.56. The Kier molecular flexibility index (Phi) is 5.74. The van der Waals surface area contributed by atoms with Gasteiger partial charge in [0.1, 0.15) is 10.6 Å². The van der Waals surface area contributed by atoms with E-state index in [1.807, 2.05) is 19.1 Å². The Morgan fingerprint density at radius 3 is 2.57 bits per heavy atom. The molecule has 0 amide bonds. The molecule has 1 fully saturated rings. The largest absolute Gasteiger partial charge is 0.495 e. The van der Waals surface area contributed by atoms with Crippen LogP contribution in [-0.2, 0) is 10.0 Å². The Morgan fingerprint density at radius 1 is 1.30 bits per heavy atom. The second kappa shape index (κ2) is 7.22. The highest BCUT2D eigenvalue weighted by Crippen LogP contribution is 2.35. The molecule has 4 nitrogen and oxygen atoms in total. The third-order valence-corrected chi connectivity index (χ3v) is 6.78. The van der Waals surface area contributed by atoms with E-state index in [1.54, 1.807) is 4.31 Å². The first-order valence-electron chi connectivity index (χ1n) is 8.53. The van der Waals surface area contributed by atoms with E-state index in [2.05, 4.69) is 20.8 Å². The van der Waals surface area contributed by atoms with Gasteiger partial charge in [-0.25, -0.2) is 8.42 Å². The lowest BCUT2D eigenvalue weighted by molar-refractivity contribution is 0.246. The number of aryl methyl sites for hydroxylation is 1. The van der Waals surface area contributed by atoms with Gasteiger partial charge in [0.25, 0.3) is 0 Å². The summed E-state index contributed by atoms with van der Waals surface area (Å²) in [6, 6.07) is 3.77. The molecule has 0 aromatic heterocycles. The molecule has 0 saturated carbocycles. The van der Waals surface area contributed by atoms with Crippen LogP contribution in [-0.4, -0.2) is 32.4 Å². The highest BCUT2D eigenvalue weighted by atomic mass is 32.2. The van der Waals surface area contributed by atoms with Crippen LogP contribution in [0.1, 0.15) is 63.5 Å². The van der Waals surface area contributed by atoms with Gasteiger partial charge in [0.05, 0.1) is 7.11 Å². The number of sulfonamides is 1. The standard InChI is InChI=1S/C18H29NO3S/c1-6-15-9-7-8-10-19(15)23(20,21)18-12-16(13(2)3)14(4)11-17(18)22-5/h11-13,15H,6-10H2,1-5H3/t15-/m0/s1. The minimum atomic E-state index is -3.53. The molecule has 0 unspecified atom stereocenters. The molecule has 1 aliphatic rings. The monoisotopic (exact) mass is 339 g/mol. The first-order chi connectivity index (χ1) is 10.8. The van der Waals surface area contributed by atoms with Crippen molar-refractivity contribution in [3.63, 3.8) is 0 Å². The second-order valence-electron chi connectivity index (χ2n) is 6.69. The van der Waals surface area contributed by atoms with Crippen LogP contribution < -0.4 is 4.74 Å². The van der Waals surface area contributed by atoms with Crippen LogP contribution in [0.2, 0.25) is 0 Å². The zero-order valence-corrected chi connectivity index (χ0v) is 15.7. The molecular weight excluding hydrogens is 310 g/mol. The van der Waals surface area contributed by atoms with Crippen LogP contribution in [0.5, 0.6) is 5.75 Å². The van der Waals surface area contributed by atoms with Gasteiger partial charge in [-0.1, -0.05) is 27.2 Å². The van der Waals surface area contributed by atoms with E-state index < -0.39 is 10.0 Å². The number of nitrogens with zero attached hydrogens (tertiary/aromatic N) is 1. The zero-order chi connectivity index (χ0) is 17.2. The third-order valence-electron chi connectivity index (χ3n) is 4.81. The van der Waals surface area contributed by atoms with E-state index in [0.29, 0.717) is 17.2 Å². The lowest BCUT2D eigenvalue weighted by Crippen LogP contribution is -2.43. The van der Waals surface area contributed by atoms with E-state index >= 15 is 0 Å². The Morgan fingerprint density at radius 2 is 2.00 bits per heavy atom. The summed E-state index contributed by atoms with van der Waals surface area (Å²) in [5.41, 5.74) is 2.14. The van der Waals surface area contributed by atoms with Crippen LogP contribution in [0.3, 0.4) is 0 Å². The molecule has 1 heterocycles. The maximum absolute atomic E-state index is 13.3. The van der Waals surface area contributed by atoms with Gasteiger partial charge in [-0.3, -0.25) is 0 Å². The van der Waals surface area contributed by atoms with E-state index in [0.717, 1.165) is 36.8 Å². The van der Waals surface area contributed by atoms with Crippen LogP contribution >= 0.6 is 0 Å². The maximum atomic E-state index is 13.3. The smallest absolute Gasteiger partial charge is 0.247 e. The Labute approximate surface area is 140 Å². The fourth-order valence-electron chi connectivity index (χ4n) is 3.49. The Balaban J connectivity index is 2.55. The molecule has 0 N–H and O–H groups in total. The fraction of sp³-hybridized carbons (Fsp3) is 0.667. The summed E-state index contributed by atoms with van der Waals surface area (Å²) in [5.74, 6) is 0.727. The number of hydrogen-bond acceptors (Lipinski definition) is 3. The van der Waals surface area contributed by atoms with Crippen molar-refractivity contribution in [2.24, 2.45) is 0 Å². The maximum Gasteiger partial charge on any atom is 0.247 e. The predicted molar refractivity (Wildman–Crippen MR) is 93.6 cm³/mol. The zero-order valence-electron chi connectivity index (χ0n) is 14.9. The number of rotatable bonds is 5. The van der Waals surface area contributed by atoms with Gasteiger partial charge in [-0.15, -0.1) is 0 Å². The molecule has 1 atom stereocenters. The lowest BCUT2D eigenvalue weighted by Gasteiger charge is -2.34. The molecule has 1 saturated heterocycles. The molecule has 5 heteroatoms. The van der Waals surface area contributed by atoms with Gasteiger partial charge < -0.3 is 4.74 Å². The van der Waals surface area contributed by atoms with Crippen LogP contribution in [0.25, 0.3) is 0 Å². The highest BCUT2D eigenvalue weighted by molar-refractivity contribution is 7.89. The first kappa shape index (κ1) is 18.3.